The summed E-state index contributed by atoms with van der Waals surface area (Å²) in [5, 5.41) is 11.8. The minimum absolute atomic E-state index is 0.168. The van der Waals surface area contributed by atoms with Crippen LogP contribution in [0.1, 0.15) is 27.4 Å². The van der Waals surface area contributed by atoms with E-state index in [1.54, 1.807) is 27.7 Å². The van der Waals surface area contributed by atoms with Crippen LogP contribution >= 0.6 is 0 Å². The number of carbonyl (C=O) groups is 1. The minimum Gasteiger partial charge on any atom is -0.471 e. The van der Waals surface area contributed by atoms with E-state index in [2.05, 4.69) is 27.6 Å². The van der Waals surface area contributed by atoms with Gasteiger partial charge in [-0.15, -0.1) is 0 Å². The number of amides is 1. The number of rotatable bonds is 8. The Morgan fingerprint density at radius 1 is 0.919 bits per heavy atom. The van der Waals surface area contributed by atoms with Gasteiger partial charge >= 0.3 is 0 Å². The molecule has 0 aliphatic rings. The van der Waals surface area contributed by atoms with Gasteiger partial charge in [0.1, 0.15) is 11.6 Å². The van der Waals surface area contributed by atoms with Crippen molar-refractivity contribution in [1.82, 2.24) is 19.6 Å². The number of aromatic nitrogens is 4. The molecule has 3 aromatic carbocycles. The molecular weight excluding hydrogens is 469 g/mol. The molecule has 0 saturated heterocycles. The molecule has 0 unspecified atom stereocenters. The summed E-state index contributed by atoms with van der Waals surface area (Å²) >= 11 is 0. The largest absolute Gasteiger partial charge is 0.471 e. The van der Waals surface area contributed by atoms with Crippen LogP contribution in [0, 0.1) is 19.7 Å². The molecule has 0 aliphatic heterocycles. The number of nitrogens with one attached hydrogen (secondary N) is 1. The molecule has 8 heteroatoms. The van der Waals surface area contributed by atoms with Gasteiger partial charge in [0.25, 0.3) is 5.91 Å². The van der Waals surface area contributed by atoms with E-state index in [0.717, 1.165) is 22.4 Å². The van der Waals surface area contributed by atoms with Crippen molar-refractivity contribution in [2.24, 2.45) is 0 Å². The predicted molar refractivity (Wildman–Crippen MR) is 140 cm³/mol. The third-order valence-corrected chi connectivity index (χ3v) is 6.04. The Morgan fingerprint density at radius 3 is 2.43 bits per heavy atom. The van der Waals surface area contributed by atoms with E-state index in [1.165, 1.54) is 12.1 Å². The monoisotopic (exact) mass is 495 g/mol. The summed E-state index contributed by atoms with van der Waals surface area (Å²) in [6.07, 6.45) is 1.69. The molecule has 2 aromatic heterocycles. The highest BCUT2D eigenvalue weighted by atomic mass is 19.1. The Morgan fingerprint density at radius 2 is 1.68 bits per heavy atom. The quantitative estimate of drug-likeness (QED) is 0.294. The van der Waals surface area contributed by atoms with Gasteiger partial charge in [0.2, 0.25) is 0 Å². The second-order valence-corrected chi connectivity index (χ2v) is 8.69. The Bertz CT molecular complexity index is 1520. The highest BCUT2D eigenvalue weighted by molar-refractivity contribution is 6.03. The SMILES string of the molecule is Cc1nn(Cc2cccc(F)c2)c(C)c1NC(=O)c1ccn(COc2ccc(-c3ccccc3)cc2)n1. The molecule has 7 nitrogen and oxygen atoms in total. The number of anilines is 1. The zero-order valence-corrected chi connectivity index (χ0v) is 20.6. The molecule has 1 N–H and O–H groups in total. The summed E-state index contributed by atoms with van der Waals surface area (Å²) in [4.78, 5) is 12.9. The van der Waals surface area contributed by atoms with Crippen LogP contribution in [-0.2, 0) is 13.3 Å². The fourth-order valence-electron chi connectivity index (χ4n) is 4.09. The molecule has 37 heavy (non-hydrogen) atoms. The van der Waals surface area contributed by atoms with Crippen molar-refractivity contribution in [2.75, 3.05) is 5.32 Å². The van der Waals surface area contributed by atoms with E-state index in [1.807, 2.05) is 62.4 Å². The van der Waals surface area contributed by atoms with E-state index in [9.17, 15) is 9.18 Å². The molecular formula is C29H26FN5O2. The van der Waals surface area contributed by atoms with Gasteiger partial charge in [0, 0.05) is 6.20 Å². The normalized spacial score (nSPS) is 10.9. The Labute approximate surface area is 214 Å². The number of ether oxygens (including phenoxy) is 1. The minimum atomic E-state index is -0.345. The maximum Gasteiger partial charge on any atom is 0.276 e. The van der Waals surface area contributed by atoms with Crippen molar-refractivity contribution in [2.45, 2.75) is 27.1 Å². The lowest BCUT2D eigenvalue weighted by Gasteiger charge is -2.08. The van der Waals surface area contributed by atoms with Crippen LogP contribution in [0.4, 0.5) is 10.1 Å². The first kappa shape index (κ1) is 24.0. The molecule has 1 amide bonds. The average Bonchev–Trinajstić information content (AvgIpc) is 3.49. The number of benzene rings is 3. The molecule has 0 spiro atoms. The van der Waals surface area contributed by atoms with Gasteiger partial charge in [-0.3, -0.25) is 9.48 Å². The van der Waals surface area contributed by atoms with Crippen LogP contribution in [0.5, 0.6) is 5.75 Å². The first-order valence-electron chi connectivity index (χ1n) is 11.9. The third-order valence-electron chi connectivity index (χ3n) is 6.04. The molecule has 0 fully saturated rings. The Balaban J connectivity index is 1.20. The summed E-state index contributed by atoms with van der Waals surface area (Å²) in [7, 11) is 0. The highest BCUT2D eigenvalue weighted by Gasteiger charge is 2.17. The highest BCUT2D eigenvalue weighted by Crippen LogP contribution is 2.23. The van der Waals surface area contributed by atoms with Crippen LogP contribution < -0.4 is 10.1 Å². The van der Waals surface area contributed by atoms with Crippen molar-refractivity contribution < 1.29 is 13.9 Å². The summed E-state index contributed by atoms with van der Waals surface area (Å²) < 4.78 is 22.7. The van der Waals surface area contributed by atoms with Gasteiger partial charge < -0.3 is 10.1 Å². The lowest BCUT2D eigenvalue weighted by atomic mass is 10.1. The molecule has 0 bridgehead atoms. The second-order valence-electron chi connectivity index (χ2n) is 8.69. The second kappa shape index (κ2) is 10.5. The number of hydrogen-bond donors (Lipinski definition) is 1. The summed E-state index contributed by atoms with van der Waals surface area (Å²) in [5.74, 6) is 0.0666. The van der Waals surface area contributed by atoms with Crippen LogP contribution in [0.3, 0.4) is 0 Å². The molecule has 0 radical (unpaired) electrons. The fourth-order valence-corrected chi connectivity index (χ4v) is 4.09. The van der Waals surface area contributed by atoms with E-state index in [4.69, 9.17) is 4.74 Å². The zero-order valence-electron chi connectivity index (χ0n) is 20.6. The van der Waals surface area contributed by atoms with Gasteiger partial charge in [-0.25, -0.2) is 9.07 Å². The van der Waals surface area contributed by atoms with Gasteiger partial charge in [0.05, 0.1) is 23.6 Å². The van der Waals surface area contributed by atoms with E-state index in [-0.39, 0.29) is 24.1 Å². The van der Waals surface area contributed by atoms with Gasteiger partial charge in [0.15, 0.2) is 12.4 Å². The van der Waals surface area contributed by atoms with Gasteiger partial charge in [-0.05, 0) is 60.9 Å². The van der Waals surface area contributed by atoms with Crippen LogP contribution in [-0.4, -0.2) is 25.5 Å². The smallest absolute Gasteiger partial charge is 0.276 e. The summed E-state index contributed by atoms with van der Waals surface area (Å²) in [6.45, 7) is 4.25. The number of aryl methyl sites for hydroxylation is 1. The first-order valence-corrected chi connectivity index (χ1v) is 11.9. The van der Waals surface area contributed by atoms with Crippen molar-refractivity contribution in [3.63, 3.8) is 0 Å². The molecule has 2 heterocycles. The number of carbonyl (C=O) groups excluding carboxylic acids is 1. The lowest BCUT2D eigenvalue weighted by Crippen LogP contribution is -2.15. The van der Waals surface area contributed by atoms with Crippen LogP contribution in [0.2, 0.25) is 0 Å². The zero-order chi connectivity index (χ0) is 25.8. The van der Waals surface area contributed by atoms with E-state index < -0.39 is 0 Å². The average molecular weight is 496 g/mol. The van der Waals surface area contributed by atoms with E-state index >= 15 is 0 Å². The third kappa shape index (κ3) is 5.59. The lowest BCUT2D eigenvalue weighted by molar-refractivity contribution is 0.102. The van der Waals surface area contributed by atoms with Crippen molar-refractivity contribution in [1.29, 1.82) is 0 Å². The maximum absolute atomic E-state index is 13.5. The predicted octanol–water partition coefficient (Wildman–Crippen LogP) is 5.84. The van der Waals surface area contributed by atoms with Crippen molar-refractivity contribution in [3.05, 3.63) is 120 Å². The number of nitrogens with zero attached hydrogens (tertiary/aromatic N) is 4. The standard InChI is InChI=1S/C29H26FN5O2/c1-20-28(21(2)35(32-20)18-22-7-6-10-25(30)17-22)31-29(36)27-15-16-34(33-27)19-37-26-13-11-24(12-14-26)23-8-4-3-5-9-23/h3-17H,18-19H2,1-2H3,(H,31,36). The van der Waals surface area contributed by atoms with Crippen molar-refractivity contribution in [3.8, 4) is 16.9 Å². The maximum atomic E-state index is 13.5. The molecule has 0 aliphatic carbocycles. The first-order chi connectivity index (χ1) is 18.0. The van der Waals surface area contributed by atoms with Crippen LogP contribution in [0.15, 0.2) is 91.1 Å². The topological polar surface area (TPSA) is 74.0 Å². The van der Waals surface area contributed by atoms with Gasteiger partial charge in [-0.2, -0.15) is 10.2 Å². The molecule has 5 aromatic rings. The summed E-state index contributed by atoms with van der Waals surface area (Å²) in [6, 6.07) is 26.0. The number of hydrogen-bond acceptors (Lipinski definition) is 4. The van der Waals surface area contributed by atoms with Crippen molar-refractivity contribution >= 4 is 11.6 Å². The van der Waals surface area contributed by atoms with Crippen LogP contribution in [0.25, 0.3) is 11.1 Å². The summed E-state index contributed by atoms with van der Waals surface area (Å²) in [5.41, 5.74) is 5.36. The number of halogens is 1. The van der Waals surface area contributed by atoms with Gasteiger partial charge in [-0.1, -0.05) is 54.6 Å². The Kier molecular flexibility index (Phi) is 6.81. The molecule has 0 saturated carbocycles. The molecule has 5 rings (SSSR count). The molecule has 186 valence electrons. The fraction of sp³-hybridized carbons (Fsp3) is 0.138. The Hall–Kier alpha value is -4.72. The molecule has 0 atom stereocenters. The van der Waals surface area contributed by atoms with E-state index in [0.29, 0.717) is 23.7 Å².